The van der Waals surface area contributed by atoms with Crippen LogP contribution in [0.4, 0.5) is 0 Å². The normalized spacial score (nSPS) is 17.9. The molecule has 170 valence electrons. The second-order valence-corrected chi connectivity index (χ2v) is 8.78. The van der Waals surface area contributed by atoms with Gasteiger partial charge in [0.15, 0.2) is 17.7 Å². The summed E-state index contributed by atoms with van der Waals surface area (Å²) < 4.78 is 41.3. The van der Waals surface area contributed by atoms with Gasteiger partial charge in [-0.25, -0.2) is 8.42 Å². The van der Waals surface area contributed by atoms with Crippen LogP contribution in [0.15, 0.2) is 58.6 Å². The molecule has 0 saturated carbocycles. The molecule has 3 rings (SSSR count). The van der Waals surface area contributed by atoms with Gasteiger partial charge in [-0.15, -0.1) is 0 Å². The van der Waals surface area contributed by atoms with Gasteiger partial charge < -0.3 is 24.2 Å². The minimum Gasteiger partial charge on any atom is -0.484 e. The summed E-state index contributed by atoms with van der Waals surface area (Å²) in [6, 6.07) is 7.07. The van der Waals surface area contributed by atoms with Crippen LogP contribution in [0.25, 0.3) is 0 Å². The summed E-state index contributed by atoms with van der Waals surface area (Å²) in [4.78, 5) is 37.5. The summed E-state index contributed by atoms with van der Waals surface area (Å²) in [6.07, 6.45) is 2.33. The lowest BCUT2D eigenvalue weighted by atomic mass is 10.1. The van der Waals surface area contributed by atoms with Crippen molar-refractivity contribution < 1.29 is 36.8 Å². The van der Waals surface area contributed by atoms with Crippen molar-refractivity contribution in [2.24, 2.45) is 0 Å². The van der Waals surface area contributed by atoms with E-state index < -0.39 is 52.2 Å². The van der Waals surface area contributed by atoms with Gasteiger partial charge in [-0.05, 0) is 19.1 Å². The number of β-lactam (4-membered cyclic amide) rings is 1. The number of likely N-dealkylation sites (tertiary alicyclic amines) is 1. The molecule has 0 radical (unpaired) electrons. The first-order valence-electron chi connectivity index (χ1n) is 9.45. The Morgan fingerprint density at radius 2 is 2.03 bits per heavy atom. The molecule has 1 aliphatic heterocycles. The van der Waals surface area contributed by atoms with Crippen molar-refractivity contribution in [1.29, 1.82) is 0 Å². The molecule has 2 amide bonds. The number of carbonyl (C=O) groups excluding carboxylic acids is 3. The minimum absolute atomic E-state index is 0.0102. The fourth-order valence-electron chi connectivity index (χ4n) is 3.08. The van der Waals surface area contributed by atoms with Gasteiger partial charge in [0.25, 0.3) is 5.91 Å². The maximum Gasteiger partial charge on any atom is 0.326 e. The van der Waals surface area contributed by atoms with E-state index in [1.165, 1.54) is 13.0 Å². The number of para-hydroxylation sites is 1. The number of sulfone groups is 1. The zero-order valence-electron chi connectivity index (χ0n) is 17.1. The Morgan fingerprint density at radius 3 is 2.66 bits per heavy atom. The zero-order valence-corrected chi connectivity index (χ0v) is 17.9. The number of aryl methyl sites for hydroxylation is 1. The van der Waals surface area contributed by atoms with Gasteiger partial charge in [-0.3, -0.25) is 14.4 Å². The maximum atomic E-state index is 13.2. The molecule has 2 aromatic rings. The second-order valence-electron chi connectivity index (χ2n) is 6.77. The Hall–Kier alpha value is -3.67. The zero-order chi connectivity index (χ0) is 23.3. The lowest BCUT2D eigenvalue weighted by molar-refractivity contribution is -0.158. The van der Waals surface area contributed by atoms with Crippen molar-refractivity contribution in [2.45, 2.75) is 23.2 Å². The van der Waals surface area contributed by atoms with Gasteiger partial charge in [-0.1, -0.05) is 36.0 Å². The summed E-state index contributed by atoms with van der Waals surface area (Å²) in [5.74, 6) is -1.84. The van der Waals surface area contributed by atoms with Crippen LogP contribution in [0.5, 0.6) is 5.75 Å². The average molecular weight is 463 g/mol. The predicted molar refractivity (Wildman–Crippen MR) is 109 cm³/mol. The van der Waals surface area contributed by atoms with Crippen LogP contribution >= 0.6 is 0 Å². The highest BCUT2D eigenvalue weighted by molar-refractivity contribution is 7.92. The van der Waals surface area contributed by atoms with Gasteiger partial charge in [0.1, 0.15) is 29.8 Å². The fourth-order valence-corrected chi connectivity index (χ4v) is 5.03. The predicted octanol–water partition coefficient (Wildman–Crippen LogP) is 0.218. The number of rotatable bonds is 10. The standard InChI is InChI=1S/C20H21N3O8S/c1-3-9-29-17(25)11-23-19(26)18(20(23)32(27,28)15-10-21-31-13(15)2)22-16(24)12-30-14-7-5-4-6-8-14/h3-8,10,18,20H,1,9,11-12H2,2H3,(H,22,24). The van der Waals surface area contributed by atoms with Crippen LogP contribution in [0.1, 0.15) is 5.76 Å². The van der Waals surface area contributed by atoms with Crippen LogP contribution in [-0.4, -0.2) is 67.4 Å². The number of hydrogen-bond donors (Lipinski definition) is 1. The first kappa shape index (κ1) is 23.0. The molecular formula is C20H21N3O8S. The highest BCUT2D eigenvalue weighted by atomic mass is 32.2. The Bertz CT molecular complexity index is 1110. The number of nitrogens with zero attached hydrogens (tertiary/aromatic N) is 2. The largest absolute Gasteiger partial charge is 0.484 e. The first-order chi connectivity index (χ1) is 15.3. The third kappa shape index (κ3) is 4.80. The van der Waals surface area contributed by atoms with Crippen molar-refractivity contribution in [3.63, 3.8) is 0 Å². The number of nitrogens with one attached hydrogen (secondary N) is 1. The van der Waals surface area contributed by atoms with Gasteiger partial charge >= 0.3 is 5.97 Å². The quantitative estimate of drug-likeness (QED) is 0.297. The number of carbonyl (C=O) groups is 3. The third-order valence-electron chi connectivity index (χ3n) is 4.56. The van der Waals surface area contributed by atoms with Gasteiger partial charge in [-0.2, -0.15) is 0 Å². The average Bonchev–Trinajstić information content (AvgIpc) is 3.22. The van der Waals surface area contributed by atoms with E-state index in [-0.39, 0.29) is 17.3 Å². The SMILES string of the molecule is C=CCOC(=O)CN1C(=O)C(NC(=O)COc2ccccc2)C1S(=O)(=O)c1cnoc1C. The highest BCUT2D eigenvalue weighted by Gasteiger charge is 2.57. The number of ether oxygens (including phenoxy) is 2. The smallest absolute Gasteiger partial charge is 0.326 e. The summed E-state index contributed by atoms with van der Waals surface area (Å²) in [5, 5.41) is 4.27. The van der Waals surface area contributed by atoms with E-state index in [1.54, 1.807) is 30.3 Å². The highest BCUT2D eigenvalue weighted by Crippen LogP contribution is 2.31. The van der Waals surface area contributed by atoms with E-state index in [4.69, 9.17) is 14.0 Å². The van der Waals surface area contributed by atoms with Crippen LogP contribution < -0.4 is 10.1 Å². The van der Waals surface area contributed by atoms with Crippen molar-refractivity contribution in [2.75, 3.05) is 19.8 Å². The summed E-state index contributed by atoms with van der Waals surface area (Å²) in [5.41, 5.74) is 0. The molecule has 0 spiro atoms. The Kier molecular flexibility index (Phi) is 6.93. The molecule has 0 aliphatic carbocycles. The molecule has 1 aromatic heterocycles. The minimum atomic E-state index is -4.23. The molecule has 2 unspecified atom stereocenters. The van der Waals surface area contributed by atoms with E-state index in [2.05, 4.69) is 17.1 Å². The van der Waals surface area contributed by atoms with E-state index >= 15 is 0 Å². The van der Waals surface area contributed by atoms with Crippen LogP contribution in [0, 0.1) is 6.92 Å². The van der Waals surface area contributed by atoms with Crippen LogP contribution in [-0.2, 0) is 29.0 Å². The Labute approximate surface area is 183 Å². The van der Waals surface area contributed by atoms with Crippen LogP contribution in [0.3, 0.4) is 0 Å². The third-order valence-corrected chi connectivity index (χ3v) is 6.73. The first-order valence-corrected chi connectivity index (χ1v) is 11.0. The Balaban J connectivity index is 1.77. The van der Waals surface area contributed by atoms with E-state index in [9.17, 15) is 22.8 Å². The molecule has 1 saturated heterocycles. The van der Waals surface area contributed by atoms with Crippen molar-refractivity contribution in [3.05, 3.63) is 54.9 Å². The molecule has 12 heteroatoms. The molecule has 1 fully saturated rings. The molecule has 1 aromatic carbocycles. The van der Waals surface area contributed by atoms with Crippen molar-refractivity contribution in [1.82, 2.24) is 15.4 Å². The molecule has 32 heavy (non-hydrogen) atoms. The molecule has 0 bridgehead atoms. The van der Waals surface area contributed by atoms with Gasteiger partial charge in [0.05, 0.1) is 6.20 Å². The monoisotopic (exact) mass is 463 g/mol. The molecule has 11 nitrogen and oxygen atoms in total. The number of aromatic nitrogens is 1. The van der Waals surface area contributed by atoms with Crippen molar-refractivity contribution in [3.8, 4) is 5.75 Å². The lowest BCUT2D eigenvalue weighted by Gasteiger charge is -2.45. The second kappa shape index (κ2) is 9.64. The summed E-state index contributed by atoms with van der Waals surface area (Å²) in [6.45, 7) is 3.65. The fraction of sp³-hybridized carbons (Fsp3) is 0.300. The summed E-state index contributed by atoms with van der Waals surface area (Å²) >= 11 is 0. The number of amides is 2. The maximum absolute atomic E-state index is 13.2. The molecule has 2 heterocycles. The molecule has 2 atom stereocenters. The molecular weight excluding hydrogens is 442 g/mol. The molecule has 1 N–H and O–H groups in total. The van der Waals surface area contributed by atoms with E-state index in [1.807, 2.05) is 0 Å². The van der Waals surface area contributed by atoms with Gasteiger partial charge in [0, 0.05) is 0 Å². The number of esters is 1. The van der Waals surface area contributed by atoms with E-state index in [0.29, 0.717) is 5.75 Å². The van der Waals surface area contributed by atoms with Crippen LogP contribution in [0.2, 0.25) is 0 Å². The molecule has 1 aliphatic rings. The lowest BCUT2D eigenvalue weighted by Crippen LogP contribution is -2.74. The number of benzene rings is 1. The van der Waals surface area contributed by atoms with Crippen molar-refractivity contribution >= 4 is 27.6 Å². The van der Waals surface area contributed by atoms with Gasteiger partial charge in [0.2, 0.25) is 15.7 Å². The Morgan fingerprint density at radius 1 is 1.31 bits per heavy atom. The topological polar surface area (TPSA) is 145 Å². The summed E-state index contributed by atoms with van der Waals surface area (Å²) in [7, 11) is -4.23. The number of hydrogen-bond acceptors (Lipinski definition) is 9. The van der Waals surface area contributed by atoms with E-state index in [0.717, 1.165) is 11.1 Å².